The van der Waals surface area contributed by atoms with Gasteiger partial charge in [0.25, 0.3) is 0 Å². The van der Waals surface area contributed by atoms with E-state index in [2.05, 4.69) is 12.2 Å². The van der Waals surface area contributed by atoms with Crippen molar-refractivity contribution >= 4 is 11.7 Å². The van der Waals surface area contributed by atoms with E-state index < -0.39 is 5.97 Å². The molecule has 0 bridgehead atoms. The molecule has 1 aromatic rings. The summed E-state index contributed by atoms with van der Waals surface area (Å²) in [5.41, 5.74) is 2.08. The van der Waals surface area contributed by atoms with Crippen LogP contribution in [0.5, 0.6) is 0 Å². The smallest absolute Gasteiger partial charge is 0.337 e. The van der Waals surface area contributed by atoms with Crippen LogP contribution in [0.4, 0.5) is 5.69 Å². The molecule has 3 heteroatoms. The first-order valence-corrected chi connectivity index (χ1v) is 8.23. The second-order valence-corrected chi connectivity index (χ2v) is 5.76. The number of benzene rings is 1. The number of aryl methyl sites for hydroxylation is 1. The minimum absolute atomic E-state index is 0.370. The van der Waals surface area contributed by atoms with E-state index in [1.165, 1.54) is 44.9 Å². The molecule has 0 amide bonds. The number of nitrogens with one attached hydrogen (secondary N) is 1. The molecule has 0 saturated heterocycles. The summed E-state index contributed by atoms with van der Waals surface area (Å²) in [6, 6.07) is 5.53. The lowest BCUT2D eigenvalue weighted by atomic mass is 10.1. The molecule has 0 aliphatic heterocycles. The molecule has 21 heavy (non-hydrogen) atoms. The van der Waals surface area contributed by atoms with Crippen LogP contribution in [0.1, 0.15) is 74.2 Å². The third kappa shape index (κ3) is 7.16. The molecule has 0 atom stereocenters. The number of rotatable bonds is 11. The summed E-state index contributed by atoms with van der Waals surface area (Å²) in [4.78, 5) is 11.2. The first-order chi connectivity index (χ1) is 10.1. The van der Waals surface area contributed by atoms with E-state index in [0.29, 0.717) is 5.56 Å². The molecule has 3 nitrogen and oxygen atoms in total. The Balaban J connectivity index is 2.20. The maximum atomic E-state index is 11.2. The van der Waals surface area contributed by atoms with E-state index in [9.17, 15) is 9.90 Å². The van der Waals surface area contributed by atoms with Crippen molar-refractivity contribution < 1.29 is 9.90 Å². The number of anilines is 1. The van der Waals surface area contributed by atoms with Crippen molar-refractivity contribution in [3.63, 3.8) is 0 Å². The molecular weight excluding hydrogens is 262 g/mol. The number of hydrogen-bond acceptors (Lipinski definition) is 2. The molecule has 1 rings (SSSR count). The van der Waals surface area contributed by atoms with Crippen LogP contribution in [0.15, 0.2) is 18.2 Å². The number of carboxylic acid groups (broad SMARTS) is 1. The molecule has 1 aromatic carbocycles. The van der Waals surface area contributed by atoms with E-state index >= 15 is 0 Å². The van der Waals surface area contributed by atoms with Gasteiger partial charge < -0.3 is 10.4 Å². The van der Waals surface area contributed by atoms with Crippen molar-refractivity contribution in [1.82, 2.24) is 0 Å². The van der Waals surface area contributed by atoms with Gasteiger partial charge in [0, 0.05) is 12.2 Å². The maximum absolute atomic E-state index is 11.2. The second kappa shape index (κ2) is 10.3. The van der Waals surface area contributed by atoms with Crippen molar-refractivity contribution in [3.05, 3.63) is 29.3 Å². The van der Waals surface area contributed by atoms with Gasteiger partial charge >= 0.3 is 5.97 Å². The number of carbonyl (C=O) groups is 1. The van der Waals surface area contributed by atoms with Crippen LogP contribution in [0, 0.1) is 6.92 Å². The van der Waals surface area contributed by atoms with Crippen molar-refractivity contribution in [3.8, 4) is 0 Å². The first-order valence-electron chi connectivity index (χ1n) is 8.23. The molecule has 0 aliphatic carbocycles. The van der Waals surface area contributed by atoms with Crippen LogP contribution < -0.4 is 5.32 Å². The summed E-state index contributed by atoms with van der Waals surface area (Å²) in [6.45, 7) is 5.00. The van der Waals surface area contributed by atoms with Gasteiger partial charge in [0.15, 0.2) is 0 Å². The summed E-state index contributed by atoms with van der Waals surface area (Å²) in [5.74, 6) is -0.864. The fraction of sp³-hybridized carbons (Fsp3) is 0.611. The molecule has 0 radical (unpaired) electrons. The van der Waals surface area contributed by atoms with Crippen molar-refractivity contribution in [1.29, 1.82) is 0 Å². The zero-order chi connectivity index (χ0) is 15.5. The third-order valence-electron chi connectivity index (χ3n) is 3.75. The van der Waals surface area contributed by atoms with Gasteiger partial charge in [-0.2, -0.15) is 0 Å². The predicted octanol–water partition coefficient (Wildman–Crippen LogP) is 5.25. The van der Waals surface area contributed by atoms with Gasteiger partial charge in [-0.05, 0) is 25.5 Å². The first kappa shape index (κ1) is 17.5. The van der Waals surface area contributed by atoms with Gasteiger partial charge in [-0.1, -0.05) is 63.5 Å². The number of carboxylic acids is 1. The summed E-state index contributed by atoms with van der Waals surface area (Å²) in [7, 11) is 0. The van der Waals surface area contributed by atoms with E-state index in [4.69, 9.17) is 0 Å². The highest BCUT2D eigenvalue weighted by molar-refractivity contribution is 5.94. The van der Waals surface area contributed by atoms with Gasteiger partial charge in [-0.25, -0.2) is 4.79 Å². The molecule has 0 aliphatic rings. The number of hydrogen-bond donors (Lipinski definition) is 2. The molecule has 0 spiro atoms. The average Bonchev–Trinajstić information content (AvgIpc) is 2.46. The molecule has 2 N–H and O–H groups in total. The van der Waals surface area contributed by atoms with Crippen LogP contribution in [0.25, 0.3) is 0 Å². The monoisotopic (exact) mass is 291 g/mol. The zero-order valence-corrected chi connectivity index (χ0v) is 13.5. The van der Waals surface area contributed by atoms with Crippen LogP contribution >= 0.6 is 0 Å². The second-order valence-electron chi connectivity index (χ2n) is 5.76. The van der Waals surface area contributed by atoms with Crippen molar-refractivity contribution in [2.45, 2.75) is 65.2 Å². The molecular formula is C18H29NO2. The Morgan fingerprint density at radius 3 is 2.29 bits per heavy atom. The summed E-state index contributed by atoms with van der Waals surface area (Å²) in [6.07, 6.45) is 10.3. The van der Waals surface area contributed by atoms with E-state index in [0.717, 1.165) is 24.2 Å². The highest BCUT2D eigenvalue weighted by Gasteiger charge is 2.09. The SMILES string of the molecule is CCCCCCCCCCNc1ccc(C)cc1C(=O)O. The third-order valence-corrected chi connectivity index (χ3v) is 3.75. The van der Waals surface area contributed by atoms with Gasteiger partial charge in [-0.15, -0.1) is 0 Å². The average molecular weight is 291 g/mol. The van der Waals surface area contributed by atoms with Crippen molar-refractivity contribution in [2.24, 2.45) is 0 Å². The Bertz CT molecular complexity index is 429. The van der Waals surface area contributed by atoms with E-state index in [-0.39, 0.29) is 0 Å². The molecule has 0 heterocycles. The highest BCUT2D eigenvalue weighted by atomic mass is 16.4. The fourth-order valence-corrected chi connectivity index (χ4v) is 2.47. The molecule has 0 unspecified atom stereocenters. The van der Waals surface area contributed by atoms with Gasteiger partial charge in [0.1, 0.15) is 0 Å². The minimum Gasteiger partial charge on any atom is -0.478 e. The summed E-state index contributed by atoms with van der Waals surface area (Å²) < 4.78 is 0. The van der Waals surface area contributed by atoms with Crippen LogP contribution in [0.3, 0.4) is 0 Å². The zero-order valence-electron chi connectivity index (χ0n) is 13.5. The largest absolute Gasteiger partial charge is 0.478 e. The van der Waals surface area contributed by atoms with Crippen LogP contribution in [-0.2, 0) is 0 Å². The molecule has 0 saturated carbocycles. The Kier molecular flexibility index (Phi) is 8.56. The predicted molar refractivity (Wildman–Crippen MR) is 89.2 cm³/mol. The van der Waals surface area contributed by atoms with Gasteiger partial charge in [0.05, 0.1) is 5.56 Å². The highest BCUT2D eigenvalue weighted by Crippen LogP contribution is 2.17. The number of unbranched alkanes of at least 4 members (excludes halogenated alkanes) is 7. The molecule has 0 fully saturated rings. The van der Waals surface area contributed by atoms with E-state index in [1.54, 1.807) is 6.07 Å². The van der Waals surface area contributed by atoms with Crippen molar-refractivity contribution in [2.75, 3.05) is 11.9 Å². The lowest BCUT2D eigenvalue weighted by Gasteiger charge is -2.10. The molecule has 118 valence electrons. The lowest BCUT2D eigenvalue weighted by molar-refractivity contribution is 0.0698. The topological polar surface area (TPSA) is 49.3 Å². The number of aromatic carboxylic acids is 1. The fourth-order valence-electron chi connectivity index (χ4n) is 2.47. The Morgan fingerprint density at radius 2 is 1.67 bits per heavy atom. The Hall–Kier alpha value is -1.51. The minimum atomic E-state index is -0.864. The summed E-state index contributed by atoms with van der Waals surface area (Å²) >= 11 is 0. The standard InChI is InChI=1S/C18H29NO2/c1-3-4-5-6-7-8-9-10-13-19-17-12-11-15(2)14-16(17)18(20)21/h11-12,14,19H,3-10,13H2,1-2H3,(H,20,21). The maximum Gasteiger partial charge on any atom is 0.337 e. The van der Waals surface area contributed by atoms with Crippen LogP contribution in [0.2, 0.25) is 0 Å². The normalized spacial score (nSPS) is 10.6. The Labute approximate surface area is 128 Å². The van der Waals surface area contributed by atoms with Gasteiger partial charge in [-0.3, -0.25) is 0 Å². The quantitative estimate of drug-likeness (QED) is 0.548. The van der Waals surface area contributed by atoms with Crippen LogP contribution in [-0.4, -0.2) is 17.6 Å². The van der Waals surface area contributed by atoms with Gasteiger partial charge in [0.2, 0.25) is 0 Å². The molecule has 0 aromatic heterocycles. The summed E-state index contributed by atoms with van der Waals surface area (Å²) in [5, 5.41) is 12.4. The Morgan fingerprint density at radius 1 is 1.05 bits per heavy atom. The lowest BCUT2D eigenvalue weighted by Crippen LogP contribution is -2.08. The van der Waals surface area contributed by atoms with E-state index in [1.807, 2.05) is 19.1 Å².